The standard InChI is InChI=1S/C20H18FI/c1-4-7-16-9-6-10-20(13-16)22(3)15-18-11-12-19(21)14-17(18)8-5-2/h6,9-14H,15H2,1-3H3. The van der Waals surface area contributed by atoms with E-state index < -0.39 is 19.8 Å². The van der Waals surface area contributed by atoms with Crippen LogP contribution < -0.4 is 0 Å². The molecule has 0 amide bonds. The molecule has 112 valence electrons. The van der Waals surface area contributed by atoms with Crippen molar-refractivity contribution in [1.82, 2.24) is 0 Å². The normalized spacial score (nSPS) is 10.1. The van der Waals surface area contributed by atoms with Gasteiger partial charge in [0.25, 0.3) is 0 Å². The molecule has 2 rings (SSSR count). The maximum atomic E-state index is 13.4. The molecule has 0 heterocycles. The molecule has 0 atom stereocenters. The molecular formula is C20H18FI. The molecular weight excluding hydrogens is 386 g/mol. The Hall–Kier alpha value is -1.78. The Morgan fingerprint density at radius 3 is 2.50 bits per heavy atom. The first kappa shape index (κ1) is 16.6. The second kappa shape index (κ2) is 8.01. The molecule has 2 aromatic carbocycles. The van der Waals surface area contributed by atoms with Gasteiger partial charge in [-0.3, -0.25) is 0 Å². The molecule has 2 aromatic rings. The van der Waals surface area contributed by atoms with Crippen LogP contribution in [-0.2, 0) is 4.43 Å². The van der Waals surface area contributed by atoms with Crippen molar-refractivity contribution < 1.29 is 4.39 Å². The Kier molecular flexibility index (Phi) is 6.04. The number of alkyl halides is 2. The van der Waals surface area contributed by atoms with E-state index in [1.54, 1.807) is 6.92 Å². The van der Waals surface area contributed by atoms with Crippen LogP contribution in [0, 0.1) is 33.1 Å². The Bertz CT molecular complexity index is 785. The molecule has 0 aromatic heterocycles. The van der Waals surface area contributed by atoms with Gasteiger partial charge in [0.1, 0.15) is 0 Å². The van der Waals surface area contributed by atoms with Crippen LogP contribution in [0.5, 0.6) is 0 Å². The third-order valence-electron chi connectivity index (χ3n) is 3.14. The van der Waals surface area contributed by atoms with Gasteiger partial charge in [-0.1, -0.05) is 0 Å². The fraction of sp³-hybridized carbons (Fsp3) is 0.200. The van der Waals surface area contributed by atoms with Gasteiger partial charge in [-0.25, -0.2) is 0 Å². The predicted octanol–water partition coefficient (Wildman–Crippen LogP) is 5.07. The first-order valence-corrected chi connectivity index (χ1v) is 11.7. The predicted molar refractivity (Wildman–Crippen MR) is 100 cm³/mol. The molecule has 0 aliphatic rings. The molecule has 0 fully saturated rings. The molecule has 0 radical (unpaired) electrons. The second-order valence-electron chi connectivity index (χ2n) is 4.79. The summed E-state index contributed by atoms with van der Waals surface area (Å²) in [5, 5.41) is 0. The molecule has 0 unspecified atom stereocenters. The number of benzene rings is 2. The Morgan fingerprint density at radius 2 is 1.77 bits per heavy atom. The molecule has 0 aliphatic carbocycles. The number of hydrogen-bond donors (Lipinski definition) is 0. The van der Waals surface area contributed by atoms with E-state index in [-0.39, 0.29) is 5.82 Å². The average molecular weight is 404 g/mol. The minimum atomic E-state index is -1.36. The molecule has 0 nitrogen and oxygen atoms in total. The van der Waals surface area contributed by atoms with Crippen LogP contribution in [0.25, 0.3) is 0 Å². The summed E-state index contributed by atoms with van der Waals surface area (Å²) in [4.78, 5) is 2.33. The number of halogens is 2. The molecule has 22 heavy (non-hydrogen) atoms. The summed E-state index contributed by atoms with van der Waals surface area (Å²) in [6.07, 6.45) is 0. The van der Waals surface area contributed by atoms with Gasteiger partial charge < -0.3 is 0 Å². The van der Waals surface area contributed by atoms with Crippen LogP contribution in [-0.4, -0.2) is 4.93 Å². The van der Waals surface area contributed by atoms with Crippen molar-refractivity contribution in [2.24, 2.45) is 0 Å². The molecule has 0 N–H and O–H groups in total. The maximum absolute atomic E-state index is 13.4. The number of rotatable bonds is 3. The van der Waals surface area contributed by atoms with E-state index in [0.717, 1.165) is 21.1 Å². The van der Waals surface area contributed by atoms with Gasteiger partial charge in [0.05, 0.1) is 0 Å². The first-order chi connectivity index (χ1) is 10.6. The monoisotopic (exact) mass is 404 g/mol. The van der Waals surface area contributed by atoms with Gasteiger partial charge in [0.15, 0.2) is 0 Å². The zero-order valence-corrected chi connectivity index (χ0v) is 15.2. The van der Waals surface area contributed by atoms with E-state index in [1.807, 2.05) is 19.1 Å². The van der Waals surface area contributed by atoms with Crippen molar-refractivity contribution in [2.45, 2.75) is 18.3 Å². The Labute approximate surface area is 139 Å². The van der Waals surface area contributed by atoms with Crippen molar-refractivity contribution in [3.8, 4) is 23.7 Å². The summed E-state index contributed by atoms with van der Waals surface area (Å²) in [6.45, 7) is 3.63. The molecule has 0 aliphatic heterocycles. The quantitative estimate of drug-likeness (QED) is 0.381. The summed E-state index contributed by atoms with van der Waals surface area (Å²) in [7, 11) is 0. The van der Waals surface area contributed by atoms with Crippen LogP contribution in [0.2, 0.25) is 0 Å². The summed E-state index contributed by atoms with van der Waals surface area (Å²) in [5.74, 6) is 11.7. The van der Waals surface area contributed by atoms with Crippen LogP contribution in [0.15, 0.2) is 42.5 Å². The van der Waals surface area contributed by atoms with Crippen molar-refractivity contribution in [3.05, 3.63) is 68.5 Å². The van der Waals surface area contributed by atoms with Crippen molar-refractivity contribution >= 4 is 19.8 Å². The van der Waals surface area contributed by atoms with Gasteiger partial charge in [-0.2, -0.15) is 0 Å². The van der Waals surface area contributed by atoms with E-state index in [4.69, 9.17) is 0 Å². The van der Waals surface area contributed by atoms with E-state index in [1.165, 1.54) is 15.7 Å². The average Bonchev–Trinajstić information content (AvgIpc) is 2.51. The van der Waals surface area contributed by atoms with Crippen LogP contribution >= 0.6 is 19.8 Å². The molecule has 0 saturated heterocycles. The van der Waals surface area contributed by atoms with Gasteiger partial charge >= 0.3 is 140 Å². The van der Waals surface area contributed by atoms with Gasteiger partial charge in [0.2, 0.25) is 0 Å². The van der Waals surface area contributed by atoms with Crippen molar-refractivity contribution in [3.63, 3.8) is 0 Å². The van der Waals surface area contributed by atoms with Crippen LogP contribution in [0.4, 0.5) is 4.39 Å². The third-order valence-corrected chi connectivity index (χ3v) is 7.91. The Morgan fingerprint density at radius 1 is 1.00 bits per heavy atom. The minimum absolute atomic E-state index is 0.224. The van der Waals surface area contributed by atoms with Crippen LogP contribution in [0.1, 0.15) is 30.5 Å². The summed E-state index contributed by atoms with van der Waals surface area (Å²) < 4.78 is 15.8. The Balaban J connectivity index is 2.28. The van der Waals surface area contributed by atoms with Gasteiger partial charge in [-0.15, -0.1) is 0 Å². The molecule has 2 heteroatoms. The number of hydrogen-bond acceptors (Lipinski definition) is 0. The molecule has 0 saturated carbocycles. The van der Waals surface area contributed by atoms with Crippen molar-refractivity contribution in [1.29, 1.82) is 0 Å². The van der Waals surface area contributed by atoms with E-state index >= 15 is 0 Å². The van der Waals surface area contributed by atoms with E-state index in [9.17, 15) is 4.39 Å². The SMILES string of the molecule is CC#Cc1cccc(I(C)Cc2ccc(F)cc2C#CC)c1. The summed E-state index contributed by atoms with van der Waals surface area (Å²) >= 11 is -1.36. The van der Waals surface area contributed by atoms with Crippen molar-refractivity contribution in [2.75, 3.05) is 4.93 Å². The van der Waals surface area contributed by atoms with Gasteiger partial charge in [0, 0.05) is 0 Å². The zero-order chi connectivity index (χ0) is 15.9. The second-order valence-corrected chi connectivity index (χ2v) is 10.2. The fourth-order valence-corrected chi connectivity index (χ4v) is 6.15. The third kappa shape index (κ3) is 4.36. The van der Waals surface area contributed by atoms with Crippen LogP contribution in [0.3, 0.4) is 0 Å². The first-order valence-electron chi connectivity index (χ1n) is 6.94. The fourth-order valence-electron chi connectivity index (χ4n) is 2.12. The van der Waals surface area contributed by atoms with Gasteiger partial charge in [-0.05, 0) is 0 Å². The molecule has 0 spiro atoms. The van der Waals surface area contributed by atoms with E-state index in [2.05, 4.69) is 46.8 Å². The molecule has 0 bridgehead atoms. The summed E-state index contributed by atoms with van der Waals surface area (Å²) in [6, 6.07) is 13.4. The topological polar surface area (TPSA) is 0 Å². The summed E-state index contributed by atoms with van der Waals surface area (Å²) in [5.41, 5.74) is 3.03. The van der Waals surface area contributed by atoms with E-state index in [0.29, 0.717) is 0 Å². The zero-order valence-electron chi connectivity index (χ0n) is 13.0.